The number of aromatic nitrogens is 1. The fraction of sp³-hybridized carbons (Fsp3) is 0.333. The van der Waals surface area contributed by atoms with Crippen LogP contribution < -0.4 is 15.2 Å². The highest BCUT2D eigenvalue weighted by atomic mass is 16.3. The van der Waals surface area contributed by atoms with Gasteiger partial charge in [0.2, 0.25) is 0 Å². The summed E-state index contributed by atoms with van der Waals surface area (Å²) >= 11 is 0. The minimum Gasteiger partial charge on any atom is -0.349 e. The predicted molar refractivity (Wildman–Crippen MR) is 53.7 cm³/mol. The lowest BCUT2D eigenvalue weighted by molar-refractivity contribution is -0.363. The molecule has 1 aliphatic heterocycles. The third-order valence-corrected chi connectivity index (χ3v) is 2.27. The molecule has 1 saturated heterocycles. The number of anilines is 1. The molecule has 0 spiro atoms. The van der Waals surface area contributed by atoms with Gasteiger partial charge in [-0.25, -0.2) is 9.88 Å². The van der Waals surface area contributed by atoms with Crippen LogP contribution in [-0.2, 0) is 4.79 Å². The summed E-state index contributed by atoms with van der Waals surface area (Å²) in [5.74, 6) is 0.553. The molecule has 0 atom stereocenters. The van der Waals surface area contributed by atoms with Crippen LogP contribution in [0.1, 0.15) is 0 Å². The lowest BCUT2D eigenvalue weighted by Crippen LogP contribution is -2.49. The Kier molecular flexibility index (Phi) is 2.57. The summed E-state index contributed by atoms with van der Waals surface area (Å²) in [5.41, 5.74) is 0.326. The third kappa shape index (κ3) is 1.93. The molecule has 2 heterocycles. The number of rotatable bonds is 2. The predicted octanol–water partition coefficient (Wildman–Crippen LogP) is -0.165. The Bertz CT molecular complexity index is 393. The lowest BCUT2D eigenvalue weighted by Gasteiger charge is -2.21. The number of hydrogen-bond acceptors (Lipinski definition) is 4. The van der Waals surface area contributed by atoms with E-state index in [2.05, 4.69) is 15.5 Å². The van der Waals surface area contributed by atoms with Crippen molar-refractivity contribution < 1.29 is 9.78 Å². The number of aromatic amines is 1. The molecule has 1 fully saturated rings. The molecule has 1 aliphatic rings. The van der Waals surface area contributed by atoms with E-state index >= 15 is 0 Å². The summed E-state index contributed by atoms with van der Waals surface area (Å²) in [6.45, 7) is 1.51. The smallest absolute Gasteiger partial charge is 0.304 e. The Morgan fingerprint density at radius 1 is 1.53 bits per heavy atom. The molecule has 0 bridgehead atoms. The lowest BCUT2D eigenvalue weighted by atomic mass is 10.3. The fourth-order valence-electron chi connectivity index (χ4n) is 1.58. The molecule has 0 radical (unpaired) electrons. The van der Waals surface area contributed by atoms with Gasteiger partial charge in [0.15, 0.2) is 12.2 Å². The van der Waals surface area contributed by atoms with Crippen molar-refractivity contribution in [3.05, 3.63) is 23.2 Å². The summed E-state index contributed by atoms with van der Waals surface area (Å²) in [7, 11) is 0. The van der Waals surface area contributed by atoms with E-state index in [-0.39, 0.29) is 12.5 Å². The first-order valence-electron chi connectivity index (χ1n) is 4.67. The Labute approximate surface area is 86.3 Å². The van der Waals surface area contributed by atoms with E-state index in [1.165, 1.54) is 0 Å². The quantitative estimate of drug-likeness (QED) is 0.684. The Hall–Kier alpha value is -1.98. The van der Waals surface area contributed by atoms with Gasteiger partial charge >= 0.3 is 5.82 Å². The SMILES string of the molecule is O=Nc1ccc[nH+]c1N1CCNC(=O)C1. The molecule has 0 aliphatic carbocycles. The number of carbonyl (C=O) groups is 1. The van der Waals surface area contributed by atoms with E-state index in [1.54, 1.807) is 23.2 Å². The maximum Gasteiger partial charge on any atom is 0.304 e. The molecule has 0 saturated carbocycles. The number of pyridine rings is 1. The van der Waals surface area contributed by atoms with Crippen LogP contribution in [0.25, 0.3) is 0 Å². The van der Waals surface area contributed by atoms with Crippen molar-refractivity contribution in [3.8, 4) is 0 Å². The van der Waals surface area contributed by atoms with Gasteiger partial charge in [0.25, 0.3) is 5.91 Å². The van der Waals surface area contributed by atoms with Crippen molar-refractivity contribution in [2.45, 2.75) is 0 Å². The number of nitrogens with one attached hydrogen (secondary N) is 2. The molecule has 1 aromatic heterocycles. The summed E-state index contributed by atoms with van der Waals surface area (Å²) < 4.78 is 0. The van der Waals surface area contributed by atoms with Gasteiger partial charge in [0, 0.05) is 0 Å². The zero-order chi connectivity index (χ0) is 10.7. The standard InChI is InChI=1S/C9H10N4O2/c14-8-6-13(5-4-10-8)9-7(12-15)2-1-3-11-9/h1-3H,4-6H2,(H,10,14)/p+1. The van der Waals surface area contributed by atoms with Crippen molar-refractivity contribution in [2.24, 2.45) is 5.18 Å². The highest BCUT2D eigenvalue weighted by Gasteiger charge is 2.26. The summed E-state index contributed by atoms with van der Waals surface area (Å²) in [6, 6.07) is 3.32. The molecule has 2 rings (SSSR count). The number of carbonyl (C=O) groups excluding carboxylic acids is 1. The van der Waals surface area contributed by atoms with Crippen LogP contribution in [0.2, 0.25) is 0 Å². The van der Waals surface area contributed by atoms with Crippen LogP contribution in [0, 0.1) is 4.91 Å². The van der Waals surface area contributed by atoms with Gasteiger partial charge in [-0.15, -0.1) is 4.91 Å². The van der Waals surface area contributed by atoms with Crippen LogP contribution in [0.5, 0.6) is 0 Å². The zero-order valence-electron chi connectivity index (χ0n) is 8.06. The molecule has 78 valence electrons. The summed E-state index contributed by atoms with van der Waals surface area (Å²) in [4.78, 5) is 26.5. The van der Waals surface area contributed by atoms with Crippen LogP contribution >= 0.6 is 0 Å². The highest BCUT2D eigenvalue weighted by molar-refractivity contribution is 5.82. The minimum atomic E-state index is -0.0460. The Balaban J connectivity index is 2.27. The van der Waals surface area contributed by atoms with Gasteiger partial charge in [-0.2, -0.15) is 0 Å². The van der Waals surface area contributed by atoms with E-state index in [9.17, 15) is 9.70 Å². The van der Waals surface area contributed by atoms with Gasteiger partial charge in [-0.1, -0.05) is 0 Å². The number of hydrogen-bond donors (Lipinski definition) is 1. The van der Waals surface area contributed by atoms with Crippen molar-refractivity contribution in [1.29, 1.82) is 0 Å². The topological polar surface area (TPSA) is 75.9 Å². The number of amides is 1. The molecule has 1 aromatic rings. The zero-order valence-corrected chi connectivity index (χ0v) is 8.06. The second kappa shape index (κ2) is 4.04. The maximum absolute atomic E-state index is 11.2. The fourth-order valence-corrected chi connectivity index (χ4v) is 1.58. The highest BCUT2D eigenvalue weighted by Crippen LogP contribution is 2.22. The number of nitroso groups, excluding NO2 is 1. The average Bonchev–Trinajstić information content (AvgIpc) is 2.29. The van der Waals surface area contributed by atoms with Crippen molar-refractivity contribution in [2.75, 3.05) is 24.5 Å². The Morgan fingerprint density at radius 2 is 2.40 bits per heavy atom. The average molecular weight is 207 g/mol. The van der Waals surface area contributed by atoms with Crippen LogP contribution in [0.4, 0.5) is 11.5 Å². The first-order chi connectivity index (χ1) is 7.31. The number of H-pyrrole nitrogens is 1. The molecule has 0 unspecified atom stereocenters. The van der Waals surface area contributed by atoms with E-state index in [0.717, 1.165) is 0 Å². The molecular formula is C9H11N4O2+. The first kappa shape index (κ1) is 9.57. The van der Waals surface area contributed by atoms with Crippen LogP contribution in [0.15, 0.2) is 23.5 Å². The largest absolute Gasteiger partial charge is 0.349 e. The molecular weight excluding hydrogens is 196 g/mol. The van der Waals surface area contributed by atoms with Crippen molar-refractivity contribution in [1.82, 2.24) is 5.32 Å². The third-order valence-electron chi connectivity index (χ3n) is 2.27. The van der Waals surface area contributed by atoms with E-state index in [4.69, 9.17) is 0 Å². The summed E-state index contributed by atoms with van der Waals surface area (Å²) in [5, 5.41) is 5.63. The van der Waals surface area contributed by atoms with Gasteiger partial charge in [-0.05, 0) is 17.3 Å². The Morgan fingerprint density at radius 3 is 3.13 bits per heavy atom. The van der Waals surface area contributed by atoms with Gasteiger partial charge in [-0.3, -0.25) is 4.79 Å². The maximum atomic E-state index is 11.2. The number of piperazine rings is 1. The molecule has 2 N–H and O–H groups in total. The van der Waals surface area contributed by atoms with Crippen LogP contribution in [-0.4, -0.2) is 25.5 Å². The van der Waals surface area contributed by atoms with E-state index in [1.807, 2.05) is 0 Å². The minimum absolute atomic E-state index is 0.0460. The van der Waals surface area contributed by atoms with E-state index < -0.39 is 0 Å². The molecule has 0 aromatic carbocycles. The van der Waals surface area contributed by atoms with Gasteiger partial charge in [0.1, 0.15) is 6.54 Å². The van der Waals surface area contributed by atoms with Crippen molar-refractivity contribution >= 4 is 17.4 Å². The summed E-state index contributed by atoms with van der Waals surface area (Å²) in [6.07, 6.45) is 1.70. The van der Waals surface area contributed by atoms with Gasteiger partial charge in [0.05, 0.1) is 12.7 Å². The normalized spacial score (nSPS) is 16.0. The monoisotopic (exact) mass is 207 g/mol. The molecule has 6 heteroatoms. The number of nitrogens with zero attached hydrogens (tertiary/aromatic N) is 2. The van der Waals surface area contributed by atoms with Gasteiger partial charge < -0.3 is 5.32 Å². The second-order valence-electron chi connectivity index (χ2n) is 3.27. The van der Waals surface area contributed by atoms with E-state index in [0.29, 0.717) is 24.6 Å². The molecule has 15 heavy (non-hydrogen) atoms. The molecule has 1 amide bonds. The second-order valence-corrected chi connectivity index (χ2v) is 3.27. The van der Waals surface area contributed by atoms with Crippen molar-refractivity contribution in [3.63, 3.8) is 0 Å². The van der Waals surface area contributed by atoms with Crippen LogP contribution in [0.3, 0.4) is 0 Å². The first-order valence-corrected chi connectivity index (χ1v) is 4.67. The molecule has 6 nitrogen and oxygen atoms in total.